The van der Waals surface area contributed by atoms with Gasteiger partial charge in [0.2, 0.25) is 0 Å². The minimum atomic E-state index is -5.09. The van der Waals surface area contributed by atoms with E-state index in [-0.39, 0.29) is 0 Å². The van der Waals surface area contributed by atoms with Crippen LogP contribution in [0.25, 0.3) is 0 Å². The number of aromatic nitrogens is 1. The SMILES string of the molecule is N#CCc1cc(OC(F)(F)F)c(C#N)nc1C(F)F. The molecule has 0 aromatic carbocycles. The third-order valence-corrected chi connectivity index (χ3v) is 1.91. The summed E-state index contributed by atoms with van der Waals surface area (Å²) in [6.07, 6.45) is -8.79. The molecule has 0 amide bonds. The fourth-order valence-corrected chi connectivity index (χ4v) is 1.25. The second-order valence-electron chi connectivity index (χ2n) is 3.17. The fourth-order valence-electron chi connectivity index (χ4n) is 1.25. The van der Waals surface area contributed by atoms with Gasteiger partial charge < -0.3 is 4.74 Å². The number of halogens is 5. The van der Waals surface area contributed by atoms with Crippen molar-refractivity contribution in [2.75, 3.05) is 0 Å². The average Bonchev–Trinajstić information content (AvgIpc) is 2.27. The highest BCUT2D eigenvalue weighted by atomic mass is 19.4. The van der Waals surface area contributed by atoms with E-state index in [0.29, 0.717) is 6.07 Å². The number of pyridine rings is 1. The summed E-state index contributed by atoms with van der Waals surface area (Å²) in [5, 5.41) is 17.0. The molecule has 0 N–H and O–H groups in total. The molecule has 1 heterocycles. The van der Waals surface area contributed by atoms with Crippen molar-refractivity contribution in [3.63, 3.8) is 0 Å². The van der Waals surface area contributed by atoms with Crippen molar-refractivity contribution < 1.29 is 26.7 Å². The van der Waals surface area contributed by atoms with Gasteiger partial charge in [-0.05, 0) is 11.6 Å². The van der Waals surface area contributed by atoms with Crippen molar-refractivity contribution >= 4 is 0 Å². The van der Waals surface area contributed by atoms with Crippen molar-refractivity contribution in [3.8, 4) is 17.9 Å². The van der Waals surface area contributed by atoms with E-state index in [4.69, 9.17) is 10.5 Å². The molecule has 4 nitrogen and oxygen atoms in total. The molecule has 0 spiro atoms. The molecule has 0 saturated heterocycles. The van der Waals surface area contributed by atoms with E-state index in [1.165, 1.54) is 12.1 Å². The molecule has 0 aliphatic rings. The Morgan fingerprint density at radius 2 is 1.95 bits per heavy atom. The van der Waals surface area contributed by atoms with Crippen LogP contribution in [0.2, 0.25) is 0 Å². The van der Waals surface area contributed by atoms with Crippen LogP contribution in [0.5, 0.6) is 5.75 Å². The van der Waals surface area contributed by atoms with Crippen LogP contribution >= 0.6 is 0 Å². The minimum Gasteiger partial charge on any atom is -0.403 e. The Labute approximate surface area is 103 Å². The lowest BCUT2D eigenvalue weighted by molar-refractivity contribution is -0.274. The molecule has 0 aliphatic carbocycles. The van der Waals surface area contributed by atoms with E-state index in [9.17, 15) is 22.0 Å². The van der Waals surface area contributed by atoms with E-state index in [1.54, 1.807) is 0 Å². The van der Waals surface area contributed by atoms with Crippen LogP contribution in [-0.4, -0.2) is 11.3 Å². The predicted molar refractivity (Wildman–Crippen MR) is 49.9 cm³/mol. The summed E-state index contributed by atoms with van der Waals surface area (Å²) < 4.78 is 64.9. The number of ether oxygens (including phenoxy) is 1. The summed E-state index contributed by atoms with van der Waals surface area (Å²) >= 11 is 0. The van der Waals surface area contributed by atoms with Crippen LogP contribution in [-0.2, 0) is 6.42 Å². The second kappa shape index (κ2) is 5.48. The van der Waals surface area contributed by atoms with E-state index in [0.717, 1.165) is 0 Å². The molecular formula is C10H4F5N3O. The van der Waals surface area contributed by atoms with Gasteiger partial charge in [-0.1, -0.05) is 0 Å². The molecule has 0 unspecified atom stereocenters. The Hall–Kier alpha value is -2.42. The first-order valence-electron chi connectivity index (χ1n) is 4.63. The first-order chi connectivity index (χ1) is 8.78. The summed E-state index contributed by atoms with van der Waals surface area (Å²) in [7, 11) is 0. The predicted octanol–water partition coefficient (Wildman–Crippen LogP) is 2.86. The maximum atomic E-state index is 12.6. The highest BCUT2D eigenvalue weighted by Gasteiger charge is 2.33. The summed E-state index contributed by atoms with van der Waals surface area (Å²) in [5.74, 6) is -1.01. The van der Waals surface area contributed by atoms with Crippen LogP contribution in [0.4, 0.5) is 22.0 Å². The first-order valence-corrected chi connectivity index (χ1v) is 4.63. The van der Waals surface area contributed by atoms with Gasteiger partial charge in [-0.2, -0.15) is 10.5 Å². The van der Waals surface area contributed by atoms with Gasteiger partial charge in [-0.3, -0.25) is 0 Å². The van der Waals surface area contributed by atoms with E-state index in [2.05, 4.69) is 9.72 Å². The molecule has 1 aromatic heterocycles. The molecule has 0 bridgehead atoms. The molecule has 9 heteroatoms. The van der Waals surface area contributed by atoms with E-state index in [1.807, 2.05) is 0 Å². The maximum Gasteiger partial charge on any atom is 0.573 e. The molecule has 0 aliphatic heterocycles. The number of hydrogen-bond acceptors (Lipinski definition) is 4. The van der Waals surface area contributed by atoms with Crippen molar-refractivity contribution in [1.29, 1.82) is 10.5 Å². The number of rotatable bonds is 3. The highest BCUT2D eigenvalue weighted by molar-refractivity contribution is 5.43. The molecule has 1 aromatic rings. The second-order valence-corrected chi connectivity index (χ2v) is 3.17. The largest absolute Gasteiger partial charge is 0.573 e. The van der Waals surface area contributed by atoms with Crippen LogP contribution in [0, 0.1) is 22.7 Å². The molecule has 0 atom stereocenters. The van der Waals surface area contributed by atoms with Crippen molar-refractivity contribution in [3.05, 3.63) is 23.0 Å². The Morgan fingerprint density at radius 3 is 2.37 bits per heavy atom. The van der Waals surface area contributed by atoms with Gasteiger partial charge in [0.1, 0.15) is 11.8 Å². The number of nitriles is 2. The number of alkyl halides is 5. The van der Waals surface area contributed by atoms with Gasteiger partial charge in [-0.15, -0.1) is 13.2 Å². The topological polar surface area (TPSA) is 69.7 Å². The van der Waals surface area contributed by atoms with Gasteiger partial charge in [0.05, 0.1) is 12.5 Å². The van der Waals surface area contributed by atoms with Crippen molar-refractivity contribution in [1.82, 2.24) is 4.98 Å². The number of nitrogens with zero attached hydrogens (tertiary/aromatic N) is 3. The quantitative estimate of drug-likeness (QED) is 0.796. The summed E-state index contributed by atoms with van der Waals surface area (Å²) in [5.41, 5.74) is -2.25. The molecular weight excluding hydrogens is 273 g/mol. The van der Waals surface area contributed by atoms with Crippen LogP contribution in [0.15, 0.2) is 6.07 Å². The Balaban J connectivity index is 3.37. The maximum absolute atomic E-state index is 12.6. The Morgan fingerprint density at radius 1 is 1.32 bits per heavy atom. The van der Waals surface area contributed by atoms with Crippen LogP contribution in [0.1, 0.15) is 23.4 Å². The summed E-state index contributed by atoms with van der Waals surface area (Å²) in [6, 6.07) is 3.32. The third kappa shape index (κ3) is 3.78. The van der Waals surface area contributed by atoms with Gasteiger partial charge in [0.25, 0.3) is 6.43 Å². The van der Waals surface area contributed by atoms with Gasteiger partial charge in [0.15, 0.2) is 11.4 Å². The lowest BCUT2D eigenvalue weighted by Crippen LogP contribution is -2.19. The van der Waals surface area contributed by atoms with Crippen LogP contribution in [0.3, 0.4) is 0 Å². The van der Waals surface area contributed by atoms with E-state index >= 15 is 0 Å². The van der Waals surface area contributed by atoms with Gasteiger partial charge in [0, 0.05) is 0 Å². The third-order valence-electron chi connectivity index (χ3n) is 1.91. The van der Waals surface area contributed by atoms with Crippen LogP contribution < -0.4 is 4.74 Å². The summed E-state index contributed by atoms with van der Waals surface area (Å²) in [4.78, 5) is 3.11. The smallest absolute Gasteiger partial charge is 0.403 e. The molecule has 100 valence electrons. The lowest BCUT2D eigenvalue weighted by Gasteiger charge is -2.12. The zero-order valence-corrected chi connectivity index (χ0v) is 9.00. The zero-order valence-electron chi connectivity index (χ0n) is 9.00. The van der Waals surface area contributed by atoms with E-state index < -0.39 is 41.9 Å². The highest BCUT2D eigenvalue weighted by Crippen LogP contribution is 2.30. The van der Waals surface area contributed by atoms with Crippen molar-refractivity contribution in [2.45, 2.75) is 19.2 Å². The van der Waals surface area contributed by atoms with Gasteiger partial charge in [-0.25, -0.2) is 13.8 Å². The molecule has 0 fully saturated rings. The monoisotopic (exact) mass is 277 g/mol. The number of hydrogen-bond donors (Lipinski definition) is 0. The molecule has 0 radical (unpaired) electrons. The lowest BCUT2D eigenvalue weighted by atomic mass is 10.1. The normalized spacial score (nSPS) is 10.9. The first kappa shape index (κ1) is 14.6. The fraction of sp³-hybridized carbons (Fsp3) is 0.300. The summed E-state index contributed by atoms with van der Waals surface area (Å²) in [6.45, 7) is 0. The van der Waals surface area contributed by atoms with Crippen molar-refractivity contribution in [2.24, 2.45) is 0 Å². The molecule has 0 saturated carbocycles. The minimum absolute atomic E-state index is 0.421. The molecule has 1 rings (SSSR count). The zero-order chi connectivity index (χ0) is 14.6. The Bertz CT molecular complexity index is 556. The Kier molecular flexibility index (Phi) is 4.22. The standard InChI is InChI=1S/C10H4F5N3O/c11-9(12)8-5(1-2-16)3-7(6(4-17)18-8)19-10(13,14)15/h3,9H,1H2. The van der Waals surface area contributed by atoms with Gasteiger partial charge >= 0.3 is 6.36 Å². The molecule has 19 heavy (non-hydrogen) atoms. The average molecular weight is 277 g/mol.